The lowest BCUT2D eigenvalue weighted by molar-refractivity contribution is 0.569. The van der Waals surface area contributed by atoms with E-state index >= 15 is 0 Å². The van der Waals surface area contributed by atoms with Gasteiger partial charge in [-0.2, -0.15) is 5.10 Å². The van der Waals surface area contributed by atoms with Crippen LogP contribution in [-0.4, -0.2) is 30.0 Å². The first-order valence-electron chi connectivity index (χ1n) is 6.53. The zero-order chi connectivity index (χ0) is 14.6. The fraction of sp³-hybridized carbons (Fsp3) is 0.750. The van der Waals surface area contributed by atoms with Crippen LogP contribution in [0.15, 0.2) is 0 Å². The molecule has 110 valence electrons. The van der Waals surface area contributed by atoms with Crippen molar-refractivity contribution in [2.24, 2.45) is 5.73 Å². The highest BCUT2D eigenvalue weighted by molar-refractivity contribution is 7.91. The highest BCUT2D eigenvalue weighted by Gasteiger charge is 2.25. The number of halogens is 1. The van der Waals surface area contributed by atoms with Crippen molar-refractivity contribution in [2.75, 3.05) is 6.54 Å². The minimum absolute atomic E-state index is 0.0756. The van der Waals surface area contributed by atoms with Crippen LogP contribution >= 0.6 is 11.6 Å². The number of sulfone groups is 1. The lowest BCUT2D eigenvalue weighted by atomic mass is 10.3. The summed E-state index contributed by atoms with van der Waals surface area (Å²) in [5, 5.41) is 4.35. The minimum Gasteiger partial charge on any atom is -0.330 e. The van der Waals surface area contributed by atoms with E-state index in [1.54, 1.807) is 11.6 Å². The zero-order valence-electron chi connectivity index (χ0n) is 11.7. The largest absolute Gasteiger partial charge is 0.330 e. The number of hydrogen-bond donors (Lipinski definition) is 1. The van der Waals surface area contributed by atoms with Crippen LogP contribution in [0.25, 0.3) is 0 Å². The fourth-order valence-corrected chi connectivity index (χ4v) is 3.77. The van der Waals surface area contributed by atoms with Crippen LogP contribution in [0.2, 0.25) is 5.02 Å². The zero-order valence-corrected chi connectivity index (χ0v) is 13.3. The molecular weight excluding hydrogens is 286 g/mol. The Morgan fingerprint density at radius 2 is 2.05 bits per heavy atom. The molecule has 19 heavy (non-hydrogen) atoms. The molecule has 1 atom stereocenters. The first-order valence-corrected chi connectivity index (χ1v) is 8.62. The third-order valence-corrected chi connectivity index (χ3v) is 5.79. The lowest BCUT2D eigenvalue weighted by Crippen LogP contribution is -2.24. The van der Waals surface area contributed by atoms with Gasteiger partial charge < -0.3 is 5.73 Å². The molecule has 0 saturated heterocycles. The molecule has 7 heteroatoms. The van der Waals surface area contributed by atoms with Gasteiger partial charge in [0, 0.05) is 6.54 Å². The molecule has 1 aromatic rings. The number of nitrogens with two attached hydrogens (primary N) is 1. The van der Waals surface area contributed by atoms with Gasteiger partial charge in [0.15, 0.2) is 9.84 Å². The highest BCUT2D eigenvalue weighted by atomic mass is 35.5. The second kappa shape index (κ2) is 6.72. The van der Waals surface area contributed by atoms with E-state index < -0.39 is 15.1 Å². The lowest BCUT2D eigenvalue weighted by Gasteiger charge is -2.12. The van der Waals surface area contributed by atoms with Crippen molar-refractivity contribution >= 4 is 21.4 Å². The van der Waals surface area contributed by atoms with E-state index in [-0.39, 0.29) is 5.75 Å². The Balaban J connectivity index is 3.08. The van der Waals surface area contributed by atoms with Gasteiger partial charge in [0.1, 0.15) is 0 Å². The first kappa shape index (κ1) is 16.5. The Hall–Kier alpha value is -0.590. The molecular formula is C12H22ClN3O2S. The predicted molar refractivity (Wildman–Crippen MR) is 78.0 cm³/mol. The molecule has 1 unspecified atom stereocenters. The van der Waals surface area contributed by atoms with Gasteiger partial charge in [-0.25, -0.2) is 8.42 Å². The summed E-state index contributed by atoms with van der Waals surface area (Å²) in [6, 6.07) is 0. The van der Waals surface area contributed by atoms with Crippen molar-refractivity contribution in [3.63, 3.8) is 0 Å². The van der Waals surface area contributed by atoms with E-state index in [9.17, 15) is 8.42 Å². The first-order chi connectivity index (χ1) is 8.87. The van der Waals surface area contributed by atoms with Gasteiger partial charge in [0.05, 0.1) is 27.4 Å². The van der Waals surface area contributed by atoms with E-state index in [4.69, 9.17) is 17.3 Å². The van der Waals surface area contributed by atoms with E-state index in [2.05, 4.69) is 5.10 Å². The summed E-state index contributed by atoms with van der Waals surface area (Å²) in [6.07, 6.45) is 1.15. The van der Waals surface area contributed by atoms with Crippen LogP contribution in [0.5, 0.6) is 0 Å². The van der Waals surface area contributed by atoms with Gasteiger partial charge in [-0.05, 0) is 33.2 Å². The smallest absolute Gasteiger partial charge is 0.158 e. The molecule has 0 aliphatic rings. The third kappa shape index (κ3) is 3.70. The van der Waals surface area contributed by atoms with E-state index in [0.29, 0.717) is 36.6 Å². The quantitative estimate of drug-likeness (QED) is 0.832. The van der Waals surface area contributed by atoms with Gasteiger partial charge in [-0.1, -0.05) is 18.5 Å². The van der Waals surface area contributed by atoms with Gasteiger partial charge >= 0.3 is 0 Å². The third-order valence-electron chi connectivity index (χ3n) is 3.22. The Labute approximate surface area is 120 Å². The van der Waals surface area contributed by atoms with E-state index in [1.165, 1.54) is 0 Å². The van der Waals surface area contributed by atoms with Crippen molar-refractivity contribution < 1.29 is 8.42 Å². The predicted octanol–water partition coefficient (Wildman–Crippen LogP) is 1.77. The van der Waals surface area contributed by atoms with Crippen LogP contribution in [-0.2, 0) is 28.6 Å². The van der Waals surface area contributed by atoms with Gasteiger partial charge in [0.25, 0.3) is 0 Å². The van der Waals surface area contributed by atoms with Crippen LogP contribution in [0.3, 0.4) is 0 Å². The molecule has 0 amide bonds. The molecule has 0 radical (unpaired) electrons. The summed E-state index contributed by atoms with van der Waals surface area (Å²) in [4.78, 5) is 0. The molecule has 0 aliphatic heterocycles. The topological polar surface area (TPSA) is 78.0 Å². The van der Waals surface area contributed by atoms with Gasteiger partial charge in [0.2, 0.25) is 0 Å². The summed E-state index contributed by atoms with van der Waals surface area (Å²) < 4.78 is 26.2. The van der Waals surface area contributed by atoms with Crippen molar-refractivity contribution in [1.82, 2.24) is 9.78 Å². The maximum Gasteiger partial charge on any atom is 0.158 e. The molecule has 0 saturated carbocycles. The molecule has 1 heterocycles. The molecule has 1 rings (SSSR count). The maximum absolute atomic E-state index is 12.3. The molecule has 5 nitrogen and oxygen atoms in total. The van der Waals surface area contributed by atoms with Crippen LogP contribution in [0.4, 0.5) is 0 Å². The normalized spacial score (nSPS) is 13.7. The average Bonchev–Trinajstić information content (AvgIpc) is 2.66. The monoisotopic (exact) mass is 307 g/mol. The number of rotatable bonds is 7. The molecule has 0 aliphatic carbocycles. The minimum atomic E-state index is -3.25. The summed E-state index contributed by atoms with van der Waals surface area (Å²) in [5.74, 6) is -0.0756. The SMILES string of the molecule is CCc1nn(CC)c(CS(=O)(=O)C(C)CCN)c1Cl. The van der Waals surface area contributed by atoms with E-state index in [0.717, 1.165) is 5.69 Å². The van der Waals surface area contributed by atoms with Crippen LogP contribution < -0.4 is 5.73 Å². The van der Waals surface area contributed by atoms with Crippen molar-refractivity contribution in [3.8, 4) is 0 Å². The second-order valence-electron chi connectivity index (χ2n) is 4.57. The molecule has 0 aromatic carbocycles. The fourth-order valence-electron chi connectivity index (χ4n) is 1.90. The Kier molecular flexibility index (Phi) is 5.82. The van der Waals surface area contributed by atoms with Gasteiger partial charge in [-0.15, -0.1) is 0 Å². The second-order valence-corrected chi connectivity index (χ2v) is 7.37. The van der Waals surface area contributed by atoms with Crippen molar-refractivity contribution in [2.45, 2.75) is 51.2 Å². The molecule has 0 spiro atoms. The van der Waals surface area contributed by atoms with Crippen molar-refractivity contribution in [3.05, 3.63) is 16.4 Å². The number of nitrogens with zero attached hydrogens (tertiary/aromatic N) is 2. The number of aromatic nitrogens is 2. The maximum atomic E-state index is 12.3. The molecule has 0 fully saturated rings. The Bertz CT molecular complexity index is 525. The number of aryl methyl sites for hydroxylation is 2. The molecule has 0 bridgehead atoms. The van der Waals surface area contributed by atoms with Crippen molar-refractivity contribution in [1.29, 1.82) is 0 Å². The average molecular weight is 308 g/mol. The molecule has 2 N–H and O–H groups in total. The number of hydrogen-bond acceptors (Lipinski definition) is 4. The van der Waals surface area contributed by atoms with Crippen LogP contribution in [0, 0.1) is 0 Å². The van der Waals surface area contributed by atoms with E-state index in [1.807, 2.05) is 13.8 Å². The van der Waals surface area contributed by atoms with Gasteiger partial charge in [-0.3, -0.25) is 4.68 Å². The summed E-state index contributed by atoms with van der Waals surface area (Å²) in [7, 11) is -3.25. The summed E-state index contributed by atoms with van der Waals surface area (Å²) in [5.41, 5.74) is 6.76. The summed E-state index contributed by atoms with van der Waals surface area (Å²) in [6.45, 7) is 6.52. The highest BCUT2D eigenvalue weighted by Crippen LogP contribution is 2.25. The molecule has 1 aromatic heterocycles. The summed E-state index contributed by atoms with van der Waals surface area (Å²) >= 11 is 6.22. The standard InChI is InChI=1S/C12H22ClN3O2S/c1-4-10-12(13)11(16(5-2)15-10)8-19(17,18)9(3)6-7-14/h9H,4-8,14H2,1-3H3. The Morgan fingerprint density at radius 1 is 1.42 bits per heavy atom. The van der Waals surface area contributed by atoms with Crippen LogP contribution in [0.1, 0.15) is 38.6 Å². The Morgan fingerprint density at radius 3 is 2.53 bits per heavy atom.